The Bertz CT molecular complexity index is 379. The Morgan fingerprint density at radius 1 is 1.56 bits per heavy atom. The second-order valence-electron chi connectivity index (χ2n) is 3.94. The van der Waals surface area contributed by atoms with Gasteiger partial charge in [0.2, 0.25) is 0 Å². The predicted octanol–water partition coefficient (Wildman–Crippen LogP) is 1.60. The van der Waals surface area contributed by atoms with Crippen LogP contribution in [0.4, 0.5) is 4.39 Å². The van der Waals surface area contributed by atoms with Crippen molar-refractivity contribution in [1.82, 2.24) is 5.32 Å². The van der Waals surface area contributed by atoms with Crippen LogP contribution in [0.5, 0.6) is 0 Å². The smallest absolute Gasteiger partial charge is 0.254 e. The Hall–Kier alpha value is -1.42. The van der Waals surface area contributed by atoms with Crippen molar-refractivity contribution in [2.24, 2.45) is 5.73 Å². The van der Waals surface area contributed by atoms with Gasteiger partial charge >= 0.3 is 0 Å². The van der Waals surface area contributed by atoms with Crippen molar-refractivity contribution >= 4 is 5.91 Å². The number of nitrogens with two attached hydrogens (primary N) is 1. The number of carbonyl (C=O) groups is 1. The third-order valence-electron chi connectivity index (χ3n) is 2.34. The average molecular weight is 224 g/mol. The van der Waals surface area contributed by atoms with Gasteiger partial charge in [0.15, 0.2) is 0 Å². The maximum atomic E-state index is 13.4. The van der Waals surface area contributed by atoms with Gasteiger partial charge in [0.1, 0.15) is 5.82 Å². The van der Waals surface area contributed by atoms with Gasteiger partial charge in [0.05, 0.1) is 5.56 Å². The molecule has 0 radical (unpaired) electrons. The Kier molecular flexibility index (Phi) is 4.43. The Morgan fingerprint density at radius 3 is 2.88 bits per heavy atom. The molecule has 0 saturated heterocycles. The molecule has 1 amide bonds. The van der Waals surface area contributed by atoms with Gasteiger partial charge in [0.25, 0.3) is 5.91 Å². The van der Waals surface area contributed by atoms with E-state index >= 15 is 0 Å². The van der Waals surface area contributed by atoms with Gasteiger partial charge in [0, 0.05) is 6.04 Å². The lowest BCUT2D eigenvalue weighted by Crippen LogP contribution is -2.34. The number of aryl methyl sites for hydroxylation is 1. The maximum absolute atomic E-state index is 13.4. The second kappa shape index (κ2) is 5.61. The molecule has 16 heavy (non-hydrogen) atoms. The summed E-state index contributed by atoms with van der Waals surface area (Å²) < 4.78 is 13.4. The van der Waals surface area contributed by atoms with E-state index in [1.54, 1.807) is 12.1 Å². The minimum Gasteiger partial charge on any atom is -0.349 e. The van der Waals surface area contributed by atoms with Crippen LogP contribution in [0.2, 0.25) is 0 Å². The summed E-state index contributed by atoms with van der Waals surface area (Å²) in [5.41, 5.74) is 6.32. The van der Waals surface area contributed by atoms with Gasteiger partial charge < -0.3 is 11.1 Å². The van der Waals surface area contributed by atoms with E-state index in [0.29, 0.717) is 13.0 Å². The summed E-state index contributed by atoms with van der Waals surface area (Å²) in [6.07, 6.45) is 0.680. The van der Waals surface area contributed by atoms with Crippen LogP contribution in [-0.4, -0.2) is 18.5 Å². The normalized spacial score (nSPS) is 12.2. The first-order valence-electron chi connectivity index (χ1n) is 5.31. The zero-order valence-corrected chi connectivity index (χ0v) is 9.59. The largest absolute Gasteiger partial charge is 0.349 e. The molecule has 1 aromatic rings. The quantitative estimate of drug-likeness (QED) is 0.816. The summed E-state index contributed by atoms with van der Waals surface area (Å²) in [6, 6.07) is 4.44. The highest BCUT2D eigenvalue weighted by Crippen LogP contribution is 2.10. The van der Waals surface area contributed by atoms with Crippen LogP contribution in [0, 0.1) is 12.7 Å². The van der Waals surface area contributed by atoms with E-state index in [1.165, 1.54) is 6.07 Å². The third-order valence-corrected chi connectivity index (χ3v) is 2.34. The topological polar surface area (TPSA) is 55.1 Å². The summed E-state index contributed by atoms with van der Waals surface area (Å²) in [7, 11) is 0. The first kappa shape index (κ1) is 12.6. The summed E-state index contributed by atoms with van der Waals surface area (Å²) in [5, 5.41) is 2.71. The van der Waals surface area contributed by atoms with Crippen LogP contribution in [0.1, 0.15) is 29.3 Å². The molecular formula is C12H17FN2O. The van der Waals surface area contributed by atoms with Gasteiger partial charge in [-0.2, -0.15) is 0 Å². The molecule has 0 aliphatic rings. The van der Waals surface area contributed by atoms with Gasteiger partial charge in [-0.1, -0.05) is 11.6 Å². The fourth-order valence-corrected chi connectivity index (χ4v) is 1.44. The summed E-state index contributed by atoms with van der Waals surface area (Å²) in [4.78, 5) is 11.7. The lowest BCUT2D eigenvalue weighted by atomic mass is 10.1. The third kappa shape index (κ3) is 3.31. The van der Waals surface area contributed by atoms with Crippen LogP contribution in [0.3, 0.4) is 0 Å². The standard InChI is InChI=1S/C12H17FN2O/c1-8-3-4-11(13)10(7-8)12(16)15-9(2)5-6-14/h3-4,7,9H,5-6,14H2,1-2H3,(H,15,16). The van der Waals surface area contributed by atoms with Crippen molar-refractivity contribution in [3.05, 3.63) is 35.1 Å². The molecule has 0 saturated carbocycles. The van der Waals surface area contributed by atoms with Crippen LogP contribution in [-0.2, 0) is 0 Å². The number of hydrogen-bond donors (Lipinski definition) is 2. The zero-order chi connectivity index (χ0) is 12.1. The van der Waals surface area contributed by atoms with Gasteiger partial charge in [-0.15, -0.1) is 0 Å². The molecule has 88 valence electrons. The van der Waals surface area contributed by atoms with E-state index in [9.17, 15) is 9.18 Å². The van der Waals surface area contributed by atoms with E-state index in [0.717, 1.165) is 5.56 Å². The van der Waals surface area contributed by atoms with Crippen molar-refractivity contribution in [1.29, 1.82) is 0 Å². The highest BCUT2D eigenvalue weighted by molar-refractivity contribution is 5.94. The van der Waals surface area contributed by atoms with Gasteiger partial charge in [-0.25, -0.2) is 4.39 Å². The molecule has 0 aromatic heterocycles. The maximum Gasteiger partial charge on any atom is 0.254 e. The molecule has 0 heterocycles. The van der Waals surface area contributed by atoms with E-state index in [4.69, 9.17) is 5.73 Å². The minimum atomic E-state index is -0.497. The van der Waals surface area contributed by atoms with E-state index < -0.39 is 5.82 Å². The first-order chi connectivity index (χ1) is 7.54. The lowest BCUT2D eigenvalue weighted by molar-refractivity contribution is 0.0935. The van der Waals surface area contributed by atoms with Crippen molar-refractivity contribution in [3.8, 4) is 0 Å². The molecule has 1 atom stereocenters. The van der Waals surface area contributed by atoms with Gasteiger partial charge in [-0.05, 0) is 38.9 Å². The SMILES string of the molecule is Cc1ccc(F)c(C(=O)NC(C)CCN)c1. The van der Waals surface area contributed by atoms with Crippen LogP contribution < -0.4 is 11.1 Å². The van der Waals surface area contributed by atoms with Crippen molar-refractivity contribution in [3.63, 3.8) is 0 Å². The molecule has 0 bridgehead atoms. The monoisotopic (exact) mass is 224 g/mol. The fraction of sp³-hybridized carbons (Fsp3) is 0.417. The molecule has 0 aliphatic carbocycles. The molecule has 1 rings (SSSR count). The molecule has 1 unspecified atom stereocenters. The Morgan fingerprint density at radius 2 is 2.25 bits per heavy atom. The fourth-order valence-electron chi connectivity index (χ4n) is 1.44. The lowest BCUT2D eigenvalue weighted by Gasteiger charge is -2.13. The molecule has 0 fully saturated rings. The number of benzene rings is 1. The summed E-state index contributed by atoms with van der Waals surface area (Å²) >= 11 is 0. The summed E-state index contributed by atoms with van der Waals surface area (Å²) in [5.74, 6) is -0.884. The van der Waals surface area contributed by atoms with Crippen molar-refractivity contribution < 1.29 is 9.18 Å². The Balaban J connectivity index is 2.76. The molecular weight excluding hydrogens is 207 g/mol. The highest BCUT2D eigenvalue weighted by Gasteiger charge is 2.13. The van der Waals surface area contributed by atoms with Crippen molar-refractivity contribution in [2.45, 2.75) is 26.3 Å². The number of hydrogen-bond acceptors (Lipinski definition) is 2. The van der Waals surface area contributed by atoms with Crippen LogP contribution >= 0.6 is 0 Å². The number of carbonyl (C=O) groups excluding carboxylic acids is 1. The van der Waals surface area contributed by atoms with Crippen LogP contribution in [0.15, 0.2) is 18.2 Å². The number of nitrogens with one attached hydrogen (secondary N) is 1. The van der Waals surface area contributed by atoms with Crippen molar-refractivity contribution in [2.75, 3.05) is 6.54 Å². The molecule has 3 N–H and O–H groups in total. The minimum absolute atomic E-state index is 0.0441. The molecule has 1 aromatic carbocycles. The predicted molar refractivity (Wildman–Crippen MR) is 61.7 cm³/mol. The van der Waals surface area contributed by atoms with E-state index in [-0.39, 0.29) is 17.5 Å². The highest BCUT2D eigenvalue weighted by atomic mass is 19.1. The summed E-state index contributed by atoms with van der Waals surface area (Å²) in [6.45, 7) is 4.16. The van der Waals surface area contributed by atoms with Crippen LogP contribution in [0.25, 0.3) is 0 Å². The van der Waals surface area contributed by atoms with E-state index in [1.807, 2.05) is 13.8 Å². The number of amides is 1. The van der Waals surface area contributed by atoms with E-state index in [2.05, 4.69) is 5.32 Å². The second-order valence-corrected chi connectivity index (χ2v) is 3.94. The molecule has 3 nitrogen and oxygen atoms in total. The van der Waals surface area contributed by atoms with Gasteiger partial charge in [-0.3, -0.25) is 4.79 Å². The number of rotatable bonds is 4. The molecule has 4 heteroatoms. The Labute approximate surface area is 94.8 Å². The molecule has 0 spiro atoms. The average Bonchev–Trinajstić information content (AvgIpc) is 2.21. The first-order valence-corrected chi connectivity index (χ1v) is 5.31. The zero-order valence-electron chi connectivity index (χ0n) is 9.59. The molecule has 0 aliphatic heterocycles. The number of halogens is 1.